The van der Waals surface area contributed by atoms with Gasteiger partial charge in [-0.1, -0.05) is 86.4 Å². The number of nitrogens with one attached hydrogen (secondary N) is 3. The lowest BCUT2D eigenvalue weighted by molar-refractivity contribution is -0.139. The Balaban J connectivity index is 2.23. The molecule has 0 aromatic heterocycles. The van der Waals surface area contributed by atoms with Crippen molar-refractivity contribution in [3.63, 3.8) is 0 Å². The zero-order chi connectivity index (χ0) is 32.6. The van der Waals surface area contributed by atoms with Crippen LogP contribution >= 0.6 is 9.39 Å². The average molecular weight is 638 g/mol. The Morgan fingerprint density at radius 3 is 1.61 bits per heavy atom. The van der Waals surface area contributed by atoms with E-state index in [1.54, 1.807) is 0 Å². The van der Waals surface area contributed by atoms with Crippen molar-refractivity contribution >= 4 is 44.8 Å². The molecule has 1 aromatic rings. The zero-order valence-corrected chi connectivity index (χ0v) is 27.1. The molecule has 0 fully saturated rings. The molecule has 0 aliphatic rings. The third kappa shape index (κ3) is 19.3. The number of benzene rings is 1. The van der Waals surface area contributed by atoms with Crippen molar-refractivity contribution in [1.82, 2.24) is 10.4 Å². The SMILES string of the molecule is O=C(O)CCCCCCCCCCCCCCCCC(=O)Nc1cc(C(=O)O)cc(C(=O)NCCCCC(NP)C(=O)O)c1. The lowest BCUT2D eigenvalue weighted by Gasteiger charge is -2.12. The Labute approximate surface area is 263 Å². The van der Waals surface area contributed by atoms with Gasteiger partial charge in [0.15, 0.2) is 0 Å². The van der Waals surface area contributed by atoms with Gasteiger partial charge >= 0.3 is 17.9 Å². The molecule has 0 bridgehead atoms. The zero-order valence-electron chi connectivity index (χ0n) is 25.9. The molecule has 248 valence electrons. The fraction of sp³-hybridized carbons (Fsp3) is 0.656. The molecule has 11 nitrogen and oxygen atoms in total. The molecule has 1 rings (SSSR count). The minimum atomic E-state index is -1.20. The fourth-order valence-electron chi connectivity index (χ4n) is 4.92. The molecule has 0 aliphatic carbocycles. The van der Waals surface area contributed by atoms with Crippen LogP contribution in [0.3, 0.4) is 0 Å². The Morgan fingerprint density at radius 1 is 0.636 bits per heavy atom. The molecule has 2 atom stereocenters. The standard InChI is InChI=1S/C32H52N3O8P/c36-28(18-13-11-9-7-5-3-1-2-4-6-8-10-12-14-19-29(37)38)34-26-22-24(21-25(23-26)31(40)41)30(39)33-20-16-15-17-27(35-44)32(42)43/h21-23,27,35H,1-20,44H2,(H,33,39)(H,34,36)(H,37,38)(H,40,41)(H,42,43). The van der Waals surface area contributed by atoms with Crippen LogP contribution in [-0.4, -0.2) is 57.6 Å². The van der Waals surface area contributed by atoms with Crippen molar-refractivity contribution in [3.8, 4) is 0 Å². The number of carbonyl (C=O) groups is 5. The number of carboxylic acid groups (broad SMARTS) is 3. The Hall–Kier alpha value is -3.04. The minimum Gasteiger partial charge on any atom is -0.481 e. The van der Waals surface area contributed by atoms with Crippen molar-refractivity contribution in [2.45, 2.75) is 128 Å². The van der Waals surface area contributed by atoms with E-state index < -0.39 is 29.9 Å². The van der Waals surface area contributed by atoms with E-state index in [2.05, 4.69) is 25.1 Å². The van der Waals surface area contributed by atoms with Gasteiger partial charge in [-0.25, -0.2) is 4.79 Å². The van der Waals surface area contributed by atoms with E-state index in [1.807, 2.05) is 0 Å². The molecule has 0 saturated carbocycles. The monoisotopic (exact) mass is 637 g/mol. The van der Waals surface area contributed by atoms with Crippen LogP contribution in [0.25, 0.3) is 0 Å². The number of hydrogen-bond acceptors (Lipinski definition) is 6. The normalized spacial score (nSPS) is 11.6. The van der Waals surface area contributed by atoms with E-state index in [4.69, 9.17) is 10.2 Å². The Kier molecular flexibility index (Phi) is 21.5. The molecule has 2 unspecified atom stereocenters. The maximum Gasteiger partial charge on any atom is 0.335 e. The molecule has 0 spiro atoms. The third-order valence-electron chi connectivity index (χ3n) is 7.47. The summed E-state index contributed by atoms with van der Waals surface area (Å²) in [7, 11) is 2.18. The largest absolute Gasteiger partial charge is 0.481 e. The maximum absolute atomic E-state index is 12.6. The minimum absolute atomic E-state index is 0.100. The number of aromatic carboxylic acids is 1. The van der Waals surface area contributed by atoms with Crippen LogP contribution in [0.1, 0.15) is 143 Å². The van der Waals surface area contributed by atoms with Crippen molar-refractivity contribution in [2.24, 2.45) is 0 Å². The van der Waals surface area contributed by atoms with Gasteiger partial charge in [-0.15, -0.1) is 0 Å². The quantitative estimate of drug-likeness (QED) is 0.0471. The number of carbonyl (C=O) groups excluding carboxylic acids is 2. The Bertz CT molecular complexity index is 1040. The predicted octanol–water partition coefficient (Wildman–Crippen LogP) is 6.38. The van der Waals surface area contributed by atoms with Gasteiger partial charge < -0.3 is 26.0 Å². The summed E-state index contributed by atoms with van der Waals surface area (Å²) in [5.41, 5.74) is 0.286. The molecule has 0 aliphatic heterocycles. The molecule has 0 heterocycles. The third-order valence-corrected chi connectivity index (χ3v) is 7.88. The first-order chi connectivity index (χ1) is 21.1. The molecule has 2 amide bonds. The molecule has 0 saturated heterocycles. The Morgan fingerprint density at radius 2 is 1.14 bits per heavy atom. The van der Waals surface area contributed by atoms with Crippen LogP contribution in [0.5, 0.6) is 0 Å². The number of rotatable bonds is 27. The molecular weight excluding hydrogens is 585 g/mol. The lowest BCUT2D eigenvalue weighted by Crippen LogP contribution is -2.30. The fourth-order valence-corrected chi connectivity index (χ4v) is 5.23. The number of anilines is 1. The van der Waals surface area contributed by atoms with E-state index in [0.717, 1.165) is 44.9 Å². The van der Waals surface area contributed by atoms with E-state index in [0.29, 0.717) is 32.2 Å². The van der Waals surface area contributed by atoms with Crippen LogP contribution in [0.15, 0.2) is 18.2 Å². The van der Waals surface area contributed by atoms with Crippen LogP contribution < -0.4 is 15.7 Å². The van der Waals surface area contributed by atoms with Crippen LogP contribution in [0, 0.1) is 0 Å². The summed E-state index contributed by atoms with van der Waals surface area (Å²) in [4.78, 5) is 58.2. The second kappa shape index (κ2) is 24.3. The topological polar surface area (TPSA) is 182 Å². The number of amides is 2. The van der Waals surface area contributed by atoms with Gasteiger partial charge in [-0.3, -0.25) is 24.3 Å². The van der Waals surface area contributed by atoms with Gasteiger partial charge in [0.2, 0.25) is 5.91 Å². The summed E-state index contributed by atoms with van der Waals surface area (Å²) in [6, 6.07) is 3.38. The molecular formula is C32H52N3O8P. The van der Waals surface area contributed by atoms with E-state index in [1.165, 1.54) is 63.1 Å². The van der Waals surface area contributed by atoms with Crippen molar-refractivity contribution in [2.75, 3.05) is 11.9 Å². The highest BCUT2D eigenvalue weighted by Crippen LogP contribution is 2.18. The summed E-state index contributed by atoms with van der Waals surface area (Å²) in [6.07, 6.45) is 17.4. The van der Waals surface area contributed by atoms with E-state index in [9.17, 15) is 29.1 Å². The smallest absolute Gasteiger partial charge is 0.335 e. The highest BCUT2D eigenvalue weighted by atomic mass is 31.0. The van der Waals surface area contributed by atoms with Crippen LogP contribution in [-0.2, 0) is 14.4 Å². The molecule has 12 heteroatoms. The summed E-state index contributed by atoms with van der Waals surface area (Å²) in [5, 5.41) is 35.2. The molecule has 6 N–H and O–H groups in total. The second-order valence-corrected chi connectivity index (χ2v) is 11.6. The second-order valence-electron chi connectivity index (χ2n) is 11.3. The van der Waals surface area contributed by atoms with Gasteiger partial charge in [0.25, 0.3) is 5.91 Å². The predicted molar refractivity (Wildman–Crippen MR) is 174 cm³/mol. The van der Waals surface area contributed by atoms with Crippen molar-refractivity contribution in [1.29, 1.82) is 0 Å². The number of unbranched alkanes of at least 4 members (excludes halogenated alkanes) is 14. The molecule has 1 aromatic carbocycles. The van der Waals surface area contributed by atoms with E-state index >= 15 is 0 Å². The van der Waals surface area contributed by atoms with Crippen molar-refractivity contribution < 1.29 is 39.3 Å². The summed E-state index contributed by atoms with van der Waals surface area (Å²) in [6.45, 7) is 0.305. The lowest BCUT2D eigenvalue weighted by atomic mass is 10.0. The van der Waals surface area contributed by atoms with Crippen molar-refractivity contribution in [3.05, 3.63) is 29.3 Å². The summed E-state index contributed by atoms with van der Waals surface area (Å²) < 4.78 is 0. The average Bonchev–Trinajstić information content (AvgIpc) is 2.98. The number of carboxylic acids is 3. The molecule has 0 radical (unpaired) electrons. The molecule has 44 heavy (non-hydrogen) atoms. The maximum atomic E-state index is 12.6. The number of aliphatic carboxylic acids is 2. The van der Waals surface area contributed by atoms with Gasteiger partial charge in [0.05, 0.1) is 5.56 Å². The first-order valence-corrected chi connectivity index (χ1v) is 16.6. The number of hydrogen-bond donors (Lipinski definition) is 6. The van der Waals surface area contributed by atoms with Gasteiger partial charge in [0.1, 0.15) is 6.04 Å². The highest BCUT2D eigenvalue weighted by Gasteiger charge is 2.15. The van der Waals surface area contributed by atoms with Gasteiger partial charge in [-0.2, -0.15) is 0 Å². The van der Waals surface area contributed by atoms with Gasteiger partial charge in [-0.05, 0) is 50.3 Å². The first kappa shape index (κ1) is 39.0. The summed E-state index contributed by atoms with van der Waals surface area (Å²) in [5.74, 6) is -3.55. The van der Waals surface area contributed by atoms with Crippen LogP contribution in [0.2, 0.25) is 0 Å². The first-order valence-electron chi connectivity index (χ1n) is 16.0. The van der Waals surface area contributed by atoms with E-state index in [-0.39, 0.29) is 29.1 Å². The highest BCUT2D eigenvalue weighted by molar-refractivity contribution is 7.13. The summed E-state index contributed by atoms with van der Waals surface area (Å²) >= 11 is 0. The van der Waals surface area contributed by atoms with Crippen LogP contribution in [0.4, 0.5) is 5.69 Å². The van der Waals surface area contributed by atoms with Gasteiger partial charge in [0, 0.05) is 30.6 Å².